The zero-order valence-corrected chi connectivity index (χ0v) is 14.0. The molecule has 1 aliphatic rings. The van der Waals surface area contributed by atoms with Gasteiger partial charge in [0.15, 0.2) is 0 Å². The molecule has 0 aromatic heterocycles. The van der Waals surface area contributed by atoms with Crippen LogP contribution in [0, 0.1) is 0 Å². The molecule has 0 spiro atoms. The lowest BCUT2D eigenvalue weighted by Crippen LogP contribution is -2.44. The highest BCUT2D eigenvalue weighted by atomic mass is 35.5. The lowest BCUT2D eigenvalue weighted by atomic mass is 10.0. The van der Waals surface area contributed by atoms with Gasteiger partial charge in [-0.05, 0) is 24.1 Å². The number of carboxylic acid groups (broad SMARTS) is 1. The van der Waals surface area contributed by atoms with Crippen molar-refractivity contribution in [1.29, 1.82) is 0 Å². The molecule has 1 fully saturated rings. The number of carboxylic acids is 1. The molecule has 2 unspecified atom stereocenters. The van der Waals surface area contributed by atoms with E-state index in [-0.39, 0.29) is 37.4 Å². The summed E-state index contributed by atoms with van der Waals surface area (Å²) in [6.45, 7) is 0.264. The van der Waals surface area contributed by atoms with Gasteiger partial charge in [0.25, 0.3) is 0 Å². The summed E-state index contributed by atoms with van der Waals surface area (Å²) in [5, 5.41) is 14.6. The largest absolute Gasteiger partial charge is 0.481 e. The number of nitrogens with zero attached hydrogens (tertiary/aromatic N) is 1. The molecule has 2 rings (SSSR count). The minimum Gasteiger partial charge on any atom is -0.481 e. The number of carbonyl (C=O) groups excluding carboxylic acids is 2. The number of aliphatic carboxylic acids is 1. The maximum absolute atomic E-state index is 12.0. The summed E-state index contributed by atoms with van der Waals surface area (Å²) in [6, 6.07) is 6.13. The monoisotopic (exact) mass is 353 g/mol. The van der Waals surface area contributed by atoms with Crippen LogP contribution in [0.4, 0.5) is 4.79 Å². The summed E-state index contributed by atoms with van der Waals surface area (Å²) < 4.78 is 0. The summed E-state index contributed by atoms with van der Waals surface area (Å²) in [6.07, 6.45) is 0.567. The van der Waals surface area contributed by atoms with Crippen molar-refractivity contribution in [3.05, 3.63) is 34.9 Å². The Balaban J connectivity index is 1.96. The Morgan fingerprint density at radius 1 is 1.33 bits per heavy atom. The van der Waals surface area contributed by atoms with E-state index in [4.69, 9.17) is 16.7 Å². The van der Waals surface area contributed by atoms with Gasteiger partial charge in [-0.1, -0.05) is 23.7 Å². The molecule has 1 saturated heterocycles. The molecule has 24 heavy (non-hydrogen) atoms. The fraction of sp³-hybridized carbons (Fsp3) is 0.438. The molecule has 2 atom stereocenters. The number of urea groups is 1. The highest BCUT2D eigenvalue weighted by Crippen LogP contribution is 2.32. The van der Waals surface area contributed by atoms with Crippen molar-refractivity contribution in [2.75, 3.05) is 13.6 Å². The first-order valence-corrected chi connectivity index (χ1v) is 8.03. The molecule has 0 radical (unpaired) electrons. The number of benzene rings is 1. The van der Waals surface area contributed by atoms with Gasteiger partial charge in [-0.15, -0.1) is 0 Å². The number of amides is 3. The van der Waals surface area contributed by atoms with E-state index >= 15 is 0 Å². The van der Waals surface area contributed by atoms with E-state index in [0.29, 0.717) is 11.4 Å². The van der Waals surface area contributed by atoms with Crippen molar-refractivity contribution in [1.82, 2.24) is 15.5 Å². The van der Waals surface area contributed by atoms with E-state index in [9.17, 15) is 14.4 Å². The second-order valence-corrected chi connectivity index (χ2v) is 6.15. The number of nitrogens with one attached hydrogen (secondary N) is 2. The van der Waals surface area contributed by atoms with Gasteiger partial charge in [-0.25, -0.2) is 4.79 Å². The Bertz CT molecular complexity index is 620. The molecular weight excluding hydrogens is 334 g/mol. The van der Waals surface area contributed by atoms with E-state index in [1.165, 1.54) is 0 Å². The number of hydrogen-bond donors (Lipinski definition) is 3. The van der Waals surface area contributed by atoms with Crippen LogP contribution >= 0.6 is 11.6 Å². The summed E-state index contributed by atoms with van der Waals surface area (Å²) in [7, 11) is 1.70. The molecule has 0 saturated carbocycles. The molecule has 3 N–H and O–H groups in total. The summed E-state index contributed by atoms with van der Waals surface area (Å²) in [4.78, 5) is 36.0. The van der Waals surface area contributed by atoms with Crippen molar-refractivity contribution in [3.8, 4) is 0 Å². The van der Waals surface area contributed by atoms with E-state index < -0.39 is 12.0 Å². The number of likely N-dealkylation sites (tertiary alicyclic amines) is 1. The van der Waals surface area contributed by atoms with Gasteiger partial charge >= 0.3 is 12.0 Å². The minimum atomic E-state index is -0.900. The third-order valence-electron chi connectivity index (χ3n) is 3.97. The van der Waals surface area contributed by atoms with Gasteiger partial charge in [0.1, 0.15) is 0 Å². The first kappa shape index (κ1) is 18.1. The summed E-state index contributed by atoms with van der Waals surface area (Å²) >= 11 is 5.90. The second kappa shape index (κ2) is 8.01. The van der Waals surface area contributed by atoms with Crippen LogP contribution in [0.5, 0.6) is 0 Å². The van der Waals surface area contributed by atoms with Crippen LogP contribution < -0.4 is 10.6 Å². The Labute approximate surface area is 145 Å². The van der Waals surface area contributed by atoms with Crippen LogP contribution in [-0.2, 0) is 9.59 Å². The normalized spacial score (nSPS) is 20.1. The number of hydrogen-bond acceptors (Lipinski definition) is 3. The predicted octanol–water partition coefficient (Wildman–Crippen LogP) is 1.78. The smallest absolute Gasteiger partial charge is 0.315 e. The molecule has 1 heterocycles. The zero-order chi connectivity index (χ0) is 17.7. The van der Waals surface area contributed by atoms with Gasteiger partial charge in [0.2, 0.25) is 5.91 Å². The molecule has 8 heteroatoms. The van der Waals surface area contributed by atoms with Crippen LogP contribution in [0.3, 0.4) is 0 Å². The van der Waals surface area contributed by atoms with E-state index in [0.717, 1.165) is 5.56 Å². The highest BCUT2D eigenvalue weighted by molar-refractivity contribution is 6.30. The molecule has 0 aliphatic carbocycles. The minimum absolute atomic E-state index is 0.00165. The number of carbonyl (C=O) groups is 3. The van der Waals surface area contributed by atoms with Crippen molar-refractivity contribution >= 4 is 29.5 Å². The summed E-state index contributed by atoms with van der Waals surface area (Å²) in [5.41, 5.74) is 0.893. The first-order valence-electron chi connectivity index (χ1n) is 7.65. The fourth-order valence-corrected chi connectivity index (χ4v) is 2.90. The van der Waals surface area contributed by atoms with Gasteiger partial charge in [-0.3, -0.25) is 9.59 Å². The Morgan fingerprint density at radius 3 is 2.62 bits per heavy atom. The van der Waals surface area contributed by atoms with Crippen LogP contribution in [0.2, 0.25) is 5.02 Å². The average Bonchev–Trinajstić information content (AvgIpc) is 2.79. The SMILES string of the molecule is CN1C(=O)CC(NC(=O)NCCCC(=O)O)C1c1ccc(Cl)cc1. The standard InChI is InChI=1S/C16H20ClN3O4/c1-20-13(21)9-12(15(20)10-4-6-11(17)7-5-10)19-16(24)18-8-2-3-14(22)23/h4-7,12,15H,2-3,8-9H2,1H3,(H,22,23)(H2,18,19,24). The Morgan fingerprint density at radius 2 is 2.00 bits per heavy atom. The maximum atomic E-state index is 12.0. The van der Waals surface area contributed by atoms with E-state index in [1.54, 1.807) is 24.1 Å². The molecule has 130 valence electrons. The third-order valence-corrected chi connectivity index (χ3v) is 4.22. The van der Waals surface area contributed by atoms with Crippen molar-refractivity contribution < 1.29 is 19.5 Å². The molecule has 0 bridgehead atoms. The highest BCUT2D eigenvalue weighted by Gasteiger charge is 2.39. The molecule has 7 nitrogen and oxygen atoms in total. The lowest BCUT2D eigenvalue weighted by Gasteiger charge is -2.26. The number of likely N-dealkylation sites (N-methyl/N-ethyl adjacent to an activating group) is 1. The zero-order valence-electron chi connectivity index (χ0n) is 13.3. The number of halogens is 1. The molecular formula is C16H20ClN3O4. The van der Waals surface area contributed by atoms with Gasteiger partial charge in [0, 0.05) is 31.5 Å². The lowest BCUT2D eigenvalue weighted by molar-refractivity contribution is -0.137. The summed E-state index contributed by atoms with van der Waals surface area (Å²) in [5.74, 6) is -0.950. The van der Waals surface area contributed by atoms with Crippen molar-refractivity contribution in [2.24, 2.45) is 0 Å². The van der Waals surface area contributed by atoms with E-state index in [2.05, 4.69) is 10.6 Å². The van der Waals surface area contributed by atoms with Gasteiger partial charge in [0.05, 0.1) is 12.1 Å². The average molecular weight is 354 g/mol. The van der Waals surface area contributed by atoms with Crippen molar-refractivity contribution in [3.63, 3.8) is 0 Å². The maximum Gasteiger partial charge on any atom is 0.315 e. The van der Waals surface area contributed by atoms with Crippen LogP contribution in [0.25, 0.3) is 0 Å². The topological polar surface area (TPSA) is 98.7 Å². The Hall–Kier alpha value is -2.28. The van der Waals surface area contributed by atoms with Crippen LogP contribution in [0.1, 0.15) is 30.9 Å². The third kappa shape index (κ3) is 4.61. The fourth-order valence-electron chi connectivity index (χ4n) is 2.78. The first-order chi connectivity index (χ1) is 11.4. The second-order valence-electron chi connectivity index (χ2n) is 5.71. The van der Waals surface area contributed by atoms with Gasteiger partial charge in [-0.2, -0.15) is 0 Å². The molecule has 1 aliphatic heterocycles. The van der Waals surface area contributed by atoms with Crippen molar-refractivity contribution in [2.45, 2.75) is 31.3 Å². The van der Waals surface area contributed by atoms with Crippen LogP contribution in [0.15, 0.2) is 24.3 Å². The van der Waals surface area contributed by atoms with Gasteiger partial charge < -0.3 is 20.6 Å². The number of rotatable bonds is 6. The quantitative estimate of drug-likeness (QED) is 0.679. The van der Waals surface area contributed by atoms with E-state index in [1.807, 2.05) is 12.1 Å². The molecule has 3 amide bonds. The predicted molar refractivity (Wildman–Crippen MR) is 88.8 cm³/mol. The Kier molecular flexibility index (Phi) is 6.03. The molecule has 1 aromatic rings. The molecule has 1 aromatic carbocycles. The van der Waals surface area contributed by atoms with Crippen LogP contribution in [-0.4, -0.2) is 47.5 Å².